The fraction of sp³-hybridized carbons (Fsp3) is 0.600. The molecule has 2 aliphatic rings. The lowest BCUT2D eigenvalue weighted by molar-refractivity contribution is 0.0301. The molecule has 0 spiro atoms. The van der Waals surface area contributed by atoms with Gasteiger partial charge in [0.2, 0.25) is 0 Å². The van der Waals surface area contributed by atoms with Crippen molar-refractivity contribution in [3.63, 3.8) is 0 Å². The summed E-state index contributed by atoms with van der Waals surface area (Å²) in [5.41, 5.74) is -0.112. The quantitative estimate of drug-likeness (QED) is 0.711. The summed E-state index contributed by atoms with van der Waals surface area (Å²) in [5.74, 6) is 0.526. The van der Waals surface area contributed by atoms with E-state index in [0.717, 1.165) is 25.9 Å². The number of nitrogens with one attached hydrogen (secondary N) is 1. The second kappa shape index (κ2) is 3.34. The summed E-state index contributed by atoms with van der Waals surface area (Å²) in [7, 11) is 0. The van der Waals surface area contributed by atoms with Gasteiger partial charge in [-0.15, -0.1) is 0 Å². The molecule has 0 amide bonds. The molecule has 2 aliphatic heterocycles. The van der Waals surface area contributed by atoms with Gasteiger partial charge in [0.15, 0.2) is 5.82 Å². The molecule has 80 valence electrons. The van der Waals surface area contributed by atoms with Crippen molar-refractivity contribution in [2.45, 2.75) is 25.0 Å². The van der Waals surface area contributed by atoms with E-state index < -0.39 is 0 Å². The third-order valence-electron chi connectivity index (χ3n) is 3.03. The van der Waals surface area contributed by atoms with Gasteiger partial charge in [0.25, 0.3) is 5.56 Å². The number of hydrogen-bond acceptors (Lipinski definition) is 4. The van der Waals surface area contributed by atoms with Crippen LogP contribution in [-0.2, 0) is 4.74 Å². The molecule has 5 nitrogen and oxygen atoms in total. The van der Waals surface area contributed by atoms with Crippen molar-refractivity contribution in [2.24, 2.45) is 0 Å². The number of rotatable bonds is 1. The van der Waals surface area contributed by atoms with Crippen LogP contribution in [-0.4, -0.2) is 35.3 Å². The molecule has 0 aliphatic carbocycles. The van der Waals surface area contributed by atoms with Gasteiger partial charge in [-0.3, -0.25) is 4.79 Å². The maximum atomic E-state index is 11.6. The Hall–Kier alpha value is -1.36. The van der Waals surface area contributed by atoms with Gasteiger partial charge in [0.1, 0.15) is 0 Å². The first-order valence-electron chi connectivity index (χ1n) is 5.27. The Morgan fingerprint density at radius 1 is 1.40 bits per heavy atom. The molecule has 0 radical (unpaired) electrons. The van der Waals surface area contributed by atoms with E-state index in [4.69, 9.17) is 4.74 Å². The maximum Gasteiger partial charge on any atom is 0.290 e. The van der Waals surface area contributed by atoms with Crippen molar-refractivity contribution >= 4 is 5.82 Å². The van der Waals surface area contributed by atoms with Gasteiger partial charge in [-0.2, -0.15) is 0 Å². The SMILES string of the molecule is O=c1[nH]ccnc1N1CC2CCC(C1)O2. The summed E-state index contributed by atoms with van der Waals surface area (Å²) in [4.78, 5) is 20.4. The van der Waals surface area contributed by atoms with Crippen LogP contribution in [0.15, 0.2) is 17.2 Å². The Morgan fingerprint density at radius 3 is 2.80 bits per heavy atom. The van der Waals surface area contributed by atoms with E-state index in [1.807, 2.05) is 4.90 Å². The van der Waals surface area contributed by atoms with Gasteiger partial charge in [-0.25, -0.2) is 4.98 Å². The number of hydrogen-bond donors (Lipinski definition) is 1. The molecule has 2 saturated heterocycles. The van der Waals surface area contributed by atoms with Crippen LogP contribution in [0, 0.1) is 0 Å². The van der Waals surface area contributed by atoms with Gasteiger partial charge in [0, 0.05) is 25.5 Å². The lowest BCUT2D eigenvalue weighted by atomic mass is 10.2. The van der Waals surface area contributed by atoms with Crippen molar-refractivity contribution in [1.29, 1.82) is 0 Å². The van der Waals surface area contributed by atoms with Crippen LogP contribution in [0.2, 0.25) is 0 Å². The summed E-state index contributed by atoms with van der Waals surface area (Å²) in [6, 6.07) is 0. The van der Waals surface area contributed by atoms with Crippen molar-refractivity contribution in [3.8, 4) is 0 Å². The van der Waals surface area contributed by atoms with Gasteiger partial charge in [-0.05, 0) is 12.8 Å². The average Bonchev–Trinajstić information content (AvgIpc) is 2.58. The van der Waals surface area contributed by atoms with Crippen LogP contribution >= 0.6 is 0 Å². The molecule has 2 bridgehead atoms. The zero-order valence-corrected chi connectivity index (χ0v) is 8.35. The van der Waals surface area contributed by atoms with Crippen LogP contribution in [0.25, 0.3) is 0 Å². The number of aromatic amines is 1. The Kier molecular flexibility index (Phi) is 1.98. The second-order valence-electron chi connectivity index (χ2n) is 4.10. The lowest BCUT2D eigenvalue weighted by Gasteiger charge is -2.32. The minimum Gasteiger partial charge on any atom is -0.371 e. The van der Waals surface area contributed by atoms with Crippen LogP contribution in [0.3, 0.4) is 0 Å². The largest absolute Gasteiger partial charge is 0.371 e. The number of ether oxygens (including phenoxy) is 1. The molecule has 0 saturated carbocycles. The van der Waals surface area contributed by atoms with Gasteiger partial charge in [0.05, 0.1) is 12.2 Å². The van der Waals surface area contributed by atoms with Gasteiger partial charge < -0.3 is 14.6 Å². The van der Waals surface area contributed by atoms with Crippen molar-refractivity contribution in [1.82, 2.24) is 9.97 Å². The van der Waals surface area contributed by atoms with Gasteiger partial charge in [-0.1, -0.05) is 0 Å². The monoisotopic (exact) mass is 207 g/mol. The van der Waals surface area contributed by atoms with E-state index in [1.54, 1.807) is 12.4 Å². The highest BCUT2D eigenvalue weighted by Gasteiger charge is 2.34. The molecule has 1 aromatic rings. The molecule has 2 unspecified atom stereocenters. The minimum absolute atomic E-state index is 0.112. The maximum absolute atomic E-state index is 11.6. The van der Waals surface area contributed by atoms with Crippen molar-refractivity contribution in [2.75, 3.05) is 18.0 Å². The zero-order chi connectivity index (χ0) is 10.3. The molecule has 5 heteroatoms. The highest BCUT2D eigenvalue weighted by atomic mass is 16.5. The average molecular weight is 207 g/mol. The predicted molar refractivity (Wildman–Crippen MR) is 55.0 cm³/mol. The Labute approximate surface area is 87.1 Å². The number of aromatic nitrogens is 2. The molecule has 2 atom stereocenters. The fourth-order valence-electron chi connectivity index (χ4n) is 2.36. The number of nitrogens with zero attached hydrogens (tertiary/aromatic N) is 2. The third kappa shape index (κ3) is 1.52. The number of fused-ring (bicyclic) bond motifs is 2. The van der Waals surface area contributed by atoms with Crippen LogP contribution < -0.4 is 10.5 Å². The fourth-order valence-corrected chi connectivity index (χ4v) is 2.36. The van der Waals surface area contributed by atoms with Crippen molar-refractivity contribution in [3.05, 3.63) is 22.7 Å². The second-order valence-corrected chi connectivity index (χ2v) is 4.10. The Balaban J connectivity index is 1.89. The smallest absolute Gasteiger partial charge is 0.290 e. The first-order valence-corrected chi connectivity index (χ1v) is 5.27. The molecule has 0 aromatic carbocycles. The van der Waals surface area contributed by atoms with E-state index in [1.165, 1.54) is 0 Å². The normalized spacial score (nSPS) is 29.5. The molecule has 1 aromatic heterocycles. The Morgan fingerprint density at radius 2 is 2.13 bits per heavy atom. The molecule has 3 rings (SSSR count). The highest BCUT2D eigenvalue weighted by molar-refractivity contribution is 5.36. The van der Waals surface area contributed by atoms with Crippen LogP contribution in [0.4, 0.5) is 5.82 Å². The topological polar surface area (TPSA) is 58.2 Å². The first-order chi connectivity index (χ1) is 7.33. The summed E-state index contributed by atoms with van der Waals surface area (Å²) < 4.78 is 5.71. The molecule has 3 heterocycles. The number of anilines is 1. The predicted octanol–water partition coefficient (Wildman–Crippen LogP) is 0.137. The summed E-state index contributed by atoms with van der Waals surface area (Å²) >= 11 is 0. The Bertz CT molecular complexity index is 405. The molecule has 15 heavy (non-hydrogen) atoms. The third-order valence-corrected chi connectivity index (χ3v) is 3.03. The van der Waals surface area contributed by atoms with E-state index in [9.17, 15) is 4.79 Å². The zero-order valence-electron chi connectivity index (χ0n) is 8.35. The number of H-pyrrole nitrogens is 1. The van der Waals surface area contributed by atoms with Crippen molar-refractivity contribution < 1.29 is 4.74 Å². The number of morpholine rings is 1. The van der Waals surface area contributed by atoms with Crippen LogP contribution in [0.1, 0.15) is 12.8 Å². The molecular formula is C10H13N3O2. The standard InChI is InChI=1S/C10H13N3O2/c14-10-9(11-3-4-12-10)13-5-7-1-2-8(6-13)15-7/h3-4,7-8H,1-2,5-6H2,(H,12,14). The molecule has 1 N–H and O–H groups in total. The van der Waals surface area contributed by atoms with Gasteiger partial charge >= 0.3 is 0 Å². The molecule has 2 fully saturated rings. The molecular weight excluding hydrogens is 194 g/mol. The van der Waals surface area contributed by atoms with E-state index in [-0.39, 0.29) is 17.8 Å². The van der Waals surface area contributed by atoms with E-state index in [0.29, 0.717) is 5.82 Å². The van der Waals surface area contributed by atoms with Crippen LogP contribution in [0.5, 0.6) is 0 Å². The summed E-state index contributed by atoms with van der Waals surface area (Å²) in [5, 5.41) is 0. The van der Waals surface area contributed by atoms with E-state index in [2.05, 4.69) is 9.97 Å². The lowest BCUT2D eigenvalue weighted by Crippen LogP contribution is -2.45. The highest BCUT2D eigenvalue weighted by Crippen LogP contribution is 2.27. The summed E-state index contributed by atoms with van der Waals surface area (Å²) in [6.45, 7) is 1.58. The minimum atomic E-state index is -0.112. The van der Waals surface area contributed by atoms with E-state index >= 15 is 0 Å². The summed E-state index contributed by atoms with van der Waals surface area (Å²) in [6.07, 6.45) is 5.95. The first kappa shape index (κ1) is 8.91.